The van der Waals surface area contributed by atoms with E-state index in [4.69, 9.17) is 4.74 Å². The van der Waals surface area contributed by atoms with Gasteiger partial charge in [0.15, 0.2) is 5.13 Å². The van der Waals surface area contributed by atoms with E-state index in [1.54, 1.807) is 61.0 Å². The molecule has 0 spiro atoms. The van der Waals surface area contributed by atoms with E-state index in [0.717, 1.165) is 0 Å². The van der Waals surface area contributed by atoms with Crippen LogP contribution in [-0.4, -0.2) is 29.8 Å². The van der Waals surface area contributed by atoms with Crippen LogP contribution in [0.3, 0.4) is 0 Å². The molecule has 0 aliphatic rings. The number of hydrogen-bond acceptors (Lipinski definition) is 6. The molecule has 0 saturated heterocycles. The maximum Gasteiger partial charge on any atom is 0.257 e. The molecular formula is C21H20N4O4S. The number of benzene rings is 2. The van der Waals surface area contributed by atoms with E-state index >= 15 is 0 Å². The number of rotatable bonds is 7. The van der Waals surface area contributed by atoms with Crippen molar-refractivity contribution >= 4 is 45.6 Å². The van der Waals surface area contributed by atoms with Crippen LogP contribution in [0.25, 0.3) is 0 Å². The minimum Gasteiger partial charge on any atom is -0.497 e. The highest BCUT2D eigenvalue weighted by Gasteiger charge is 2.12. The first-order valence-electron chi connectivity index (χ1n) is 9.00. The van der Waals surface area contributed by atoms with Crippen LogP contribution in [0.4, 0.5) is 16.5 Å². The predicted octanol–water partition coefficient (Wildman–Crippen LogP) is 3.54. The van der Waals surface area contributed by atoms with Crippen molar-refractivity contribution in [1.82, 2.24) is 4.98 Å². The van der Waals surface area contributed by atoms with Crippen molar-refractivity contribution in [3.05, 3.63) is 65.2 Å². The third-order valence-electron chi connectivity index (χ3n) is 3.93. The number of amides is 3. The number of thiazole rings is 1. The summed E-state index contributed by atoms with van der Waals surface area (Å²) in [6.07, 6.45) is 0.0548. The molecule has 154 valence electrons. The van der Waals surface area contributed by atoms with Crippen molar-refractivity contribution in [2.45, 2.75) is 13.3 Å². The average Bonchev–Trinajstić information content (AvgIpc) is 3.14. The van der Waals surface area contributed by atoms with E-state index < -0.39 is 0 Å². The number of aromatic nitrogens is 1. The van der Waals surface area contributed by atoms with E-state index in [0.29, 0.717) is 33.5 Å². The van der Waals surface area contributed by atoms with Crippen LogP contribution in [0.1, 0.15) is 23.0 Å². The highest BCUT2D eigenvalue weighted by atomic mass is 32.1. The standard InChI is InChI=1S/C21H20N4O4S/c1-13(26)22-15-4-3-5-16(10-15)23-19(27)11-17-12-30-21(24-17)25-20(28)14-6-8-18(29-2)9-7-14/h3-10,12H,11H2,1-2H3,(H,22,26)(H,23,27)(H,24,25,28). The van der Waals surface area contributed by atoms with Crippen LogP contribution >= 0.6 is 11.3 Å². The van der Waals surface area contributed by atoms with Crippen molar-refractivity contribution < 1.29 is 19.1 Å². The Balaban J connectivity index is 1.56. The second-order valence-electron chi connectivity index (χ2n) is 6.31. The summed E-state index contributed by atoms with van der Waals surface area (Å²) < 4.78 is 5.08. The molecule has 9 heteroatoms. The minimum atomic E-state index is -0.294. The summed E-state index contributed by atoms with van der Waals surface area (Å²) in [5.74, 6) is -0.0760. The van der Waals surface area contributed by atoms with Gasteiger partial charge < -0.3 is 15.4 Å². The van der Waals surface area contributed by atoms with Gasteiger partial charge in [-0.15, -0.1) is 11.3 Å². The van der Waals surface area contributed by atoms with Crippen LogP contribution in [0.15, 0.2) is 53.9 Å². The van der Waals surface area contributed by atoms with Gasteiger partial charge in [0, 0.05) is 29.2 Å². The van der Waals surface area contributed by atoms with Crippen LogP contribution < -0.4 is 20.7 Å². The molecule has 8 nitrogen and oxygen atoms in total. The van der Waals surface area contributed by atoms with Crippen molar-refractivity contribution in [3.63, 3.8) is 0 Å². The molecule has 3 N–H and O–H groups in total. The normalized spacial score (nSPS) is 10.2. The molecule has 0 radical (unpaired) electrons. The first-order valence-corrected chi connectivity index (χ1v) is 9.88. The molecule has 3 amide bonds. The Kier molecular flexibility index (Phi) is 6.76. The zero-order valence-electron chi connectivity index (χ0n) is 16.4. The fourth-order valence-corrected chi connectivity index (χ4v) is 3.31. The minimum absolute atomic E-state index is 0.0548. The van der Waals surface area contributed by atoms with Gasteiger partial charge in [-0.2, -0.15) is 0 Å². The largest absolute Gasteiger partial charge is 0.497 e. The lowest BCUT2D eigenvalue weighted by atomic mass is 10.2. The number of hydrogen-bond donors (Lipinski definition) is 3. The predicted molar refractivity (Wildman–Crippen MR) is 116 cm³/mol. The SMILES string of the molecule is COc1ccc(C(=O)Nc2nc(CC(=O)Nc3cccc(NC(C)=O)c3)cs2)cc1. The molecule has 1 heterocycles. The van der Waals surface area contributed by atoms with Gasteiger partial charge >= 0.3 is 0 Å². The van der Waals surface area contributed by atoms with Crippen molar-refractivity contribution in [2.75, 3.05) is 23.1 Å². The molecule has 0 bridgehead atoms. The maximum absolute atomic E-state index is 12.3. The number of carbonyl (C=O) groups is 3. The topological polar surface area (TPSA) is 109 Å². The molecule has 0 unspecified atom stereocenters. The van der Waals surface area contributed by atoms with Gasteiger partial charge in [0.1, 0.15) is 5.75 Å². The lowest BCUT2D eigenvalue weighted by Crippen LogP contribution is -2.15. The third kappa shape index (κ3) is 5.89. The van der Waals surface area contributed by atoms with Crippen LogP contribution in [0, 0.1) is 0 Å². The fraction of sp³-hybridized carbons (Fsp3) is 0.143. The van der Waals surface area contributed by atoms with Gasteiger partial charge in [-0.1, -0.05) is 6.07 Å². The van der Waals surface area contributed by atoms with Gasteiger partial charge in [0.2, 0.25) is 11.8 Å². The van der Waals surface area contributed by atoms with E-state index in [1.165, 1.54) is 18.3 Å². The second-order valence-corrected chi connectivity index (χ2v) is 7.17. The number of anilines is 3. The monoisotopic (exact) mass is 424 g/mol. The maximum atomic E-state index is 12.3. The van der Waals surface area contributed by atoms with Gasteiger partial charge in [-0.05, 0) is 42.5 Å². The molecule has 0 atom stereocenters. The number of nitrogens with zero attached hydrogens (tertiary/aromatic N) is 1. The molecule has 0 aliphatic heterocycles. The van der Waals surface area contributed by atoms with E-state index in [-0.39, 0.29) is 24.1 Å². The number of carbonyl (C=O) groups excluding carboxylic acids is 3. The highest BCUT2D eigenvalue weighted by molar-refractivity contribution is 7.14. The Labute approximate surface area is 177 Å². The van der Waals surface area contributed by atoms with Crippen LogP contribution in [-0.2, 0) is 16.0 Å². The van der Waals surface area contributed by atoms with E-state index in [2.05, 4.69) is 20.9 Å². The van der Waals surface area contributed by atoms with Crippen molar-refractivity contribution in [2.24, 2.45) is 0 Å². The van der Waals surface area contributed by atoms with E-state index in [9.17, 15) is 14.4 Å². The molecule has 2 aromatic carbocycles. The smallest absolute Gasteiger partial charge is 0.257 e. The zero-order valence-corrected chi connectivity index (χ0v) is 17.2. The lowest BCUT2D eigenvalue weighted by Gasteiger charge is -2.07. The zero-order chi connectivity index (χ0) is 21.5. The molecule has 3 rings (SSSR count). The van der Waals surface area contributed by atoms with E-state index in [1.807, 2.05) is 0 Å². The summed E-state index contributed by atoms with van der Waals surface area (Å²) in [4.78, 5) is 40.0. The number of ether oxygens (including phenoxy) is 1. The van der Waals surface area contributed by atoms with Crippen LogP contribution in [0.5, 0.6) is 5.75 Å². The Morgan fingerprint density at radius 3 is 2.37 bits per heavy atom. The molecule has 3 aromatic rings. The van der Waals surface area contributed by atoms with Crippen molar-refractivity contribution in [1.29, 1.82) is 0 Å². The van der Waals surface area contributed by atoms with Crippen molar-refractivity contribution in [3.8, 4) is 5.75 Å². The molecule has 0 fully saturated rings. The number of nitrogens with one attached hydrogen (secondary N) is 3. The Bertz CT molecular complexity index is 1060. The molecule has 0 saturated carbocycles. The Hall–Kier alpha value is -3.72. The summed E-state index contributed by atoms with van der Waals surface area (Å²) in [6, 6.07) is 13.6. The van der Waals surface area contributed by atoms with Gasteiger partial charge in [-0.25, -0.2) is 4.98 Å². The lowest BCUT2D eigenvalue weighted by molar-refractivity contribution is -0.116. The molecular weight excluding hydrogens is 404 g/mol. The summed E-state index contributed by atoms with van der Waals surface area (Å²) in [5.41, 5.74) is 2.18. The van der Waals surface area contributed by atoms with Gasteiger partial charge in [0.05, 0.1) is 19.2 Å². The first-order chi connectivity index (χ1) is 14.4. The average molecular weight is 424 g/mol. The summed E-state index contributed by atoms with van der Waals surface area (Å²) in [6.45, 7) is 1.42. The van der Waals surface area contributed by atoms with Gasteiger partial charge in [-0.3, -0.25) is 19.7 Å². The highest BCUT2D eigenvalue weighted by Crippen LogP contribution is 2.19. The quantitative estimate of drug-likeness (QED) is 0.537. The Morgan fingerprint density at radius 2 is 1.70 bits per heavy atom. The molecule has 30 heavy (non-hydrogen) atoms. The Morgan fingerprint density at radius 1 is 1.00 bits per heavy atom. The number of methoxy groups -OCH3 is 1. The second kappa shape index (κ2) is 9.66. The fourth-order valence-electron chi connectivity index (χ4n) is 2.60. The molecule has 1 aromatic heterocycles. The van der Waals surface area contributed by atoms with Gasteiger partial charge in [0.25, 0.3) is 5.91 Å². The summed E-state index contributed by atoms with van der Waals surface area (Å²) in [7, 11) is 1.56. The molecule has 0 aliphatic carbocycles. The third-order valence-corrected chi connectivity index (χ3v) is 4.74. The first kappa shape index (κ1) is 21.0. The summed E-state index contributed by atoms with van der Waals surface area (Å²) in [5, 5.41) is 10.3. The van der Waals surface area contributed by atoms with Crippen LogP contribution in [0.2, 0.25) is 0 Å². The summed E-state index contributed by atoms with van der Waals surface area (Å²) >= 11 is 1.24.